The number of hydrogen-bond donors (Lipinski definition) is 2. The summed E-state index contributed by atoms with van der Waals surface area (Å²) < 4.78 is 16.0. The maximum atomic E-state index is 12.3. The molecule has 0 bridgehead atoms. The van der Waals surface area contributed by atoms with Crippen LogP contribution in [0.15, 0.2) is 30.3 Å². The van der Waals surface area contributed by atoms with E-state index in [1.165, 1.54) is 26.4 Å². The number of halogens is 1. The topological polar surface area (TPSA) is 85.9 Å². The van der Waals surface area contributed by atoms with Crippen LogP contribution < -0.4 is 25.1 Å². The zero-order valence-corrected chi connectivity index (χ0v) is 17.1. The number of benzene rings is 2. The Morgan fingerprint density at radius 3 is 1.96 bits per heavy atom. The Bertz CT molecular complexity index is 840. The highest BCUT2D eigenvalue weighted by Gasteiger charge is 2.18. The van der Waals surface area contributed by atoms with Crippen LogP contribution in [0.3, 0.4) is 0 Å². The van der Waals surface area contributed by atoms with Crippen molar-refractivity contribution in [2.45, 2.75) is 26.9 Å². The molecule has 0 saturated heterocycles. The molecule has 8 heteroatoms. The number of amides is 2. The summed E-state index contributed by atoms with van der Waals surface area (Å²) in [4.78, 5) is 24.6. The van der Waals surface area contributed by atoms with Crippen LogP contribution in [0.1, 0.15) is 28.4 Å². The fourth-order valence-electron chi connectivity index (χ4n) is 2.54. The van der Waals surface area contributed by atoms with Crippen molar-refractivity contribution < 1.29 is 23.8 Å². The molecule has 1 unspecified atom stereocenters. The predicted octanol–water partition coefficient (Wildman–Crippen LogP) is 3.20. The third kappa shape index (κ3) is 5.29. The number of hydrazine groups is 1. The van der Waals surface area contributed by atoms with Gasteiger partial charge in [0.25, 0.3) is 11.8 Å². The Morgan fingerprint density at radius 1 is 0.929 bits per heavy atom. The molecule has 2 amide bonds. The molecule has 28 heavy (non-hydrogen) atoms. The molecule has 0 spiro atoms. The fraction of sp³-hybridized carbons (Fsp3) is 0.300. The van der Waals surface area contributed by atoms with E-state index < -0.39 is 17.9 Å². The average Bonchev–Trinajstić information content (AvgIpc) is 2.67. The zero-order valence-electron chi connectivity index (χ0n) is 16.4. The minimum Gasteiger partial charge on any atom is -0.497 e. The number of nitrogens with one attached hydrogen (secondary N) is 2. The van der Waals surface area contributed by atoms with Gasteiger partial charge in [0.1, 0.15) is 17.2 Å². The SMILES string of the molecule is COc1cc(OC)cc(C(=O)NNC(=O)C(C)Oc2c(C)cc(Cl)cc2C)c1. The van der Waals surface area contributed by atoms with Crippen LogP contribution in [0.5, 0.6) is 17.2 Å². The Labute approximate surface area is 168 Å². The van der Waals surface area contributed by atoms with Crippen molar-refractivity contribution in [2.75, 3.05) is 14.2 Å². The van der Waals surface area contributed by atoms with Crippen molar-refractivity contribution >= 4 is 23.4 Å². The lowest BCUT2D eigenvalue weighted by Gasteiger charge is -2.18. The quantitative estimate of drug-likeness (QED) is 0.719. The summed E-state index contributed by atoms with van der Waals surface area (Å²) in [5.74, 6) is 0.479. The molecule has 0 fully saturated rings. The predicted molar refractivity (Wildman–Crippen MR) is 106 cm³/mol. The summed E-state index contributed by atoms with van der Waals surface area (Å²) in [6, 6.07) is 8.22. The lowest BCUT2D eigenvalue weighted by Crippen LogP contribution is -2.47. The summed E-state index contributed by atoms with van der Waals surface area (Å²) in [6.07, 6.45) is -0.835. The molecule has 7 nitrogen and oxygen atoms in total. The largest absolute Gasteiger partial charge is 0.497 e. The van der Waals surface area contributed by atoms with E-state index in [-0.39, 0.29) is 5.56 Å². The standard InChI is InChI=1S/C20H23ClN2O5/c1-11-6-15(21)7-12(2)18(11)28-13(3)19(24)22-23-20(25)14-8-16(26-4)10-17(9-14)27-5/h6-10,13H,1-5H3,(H,22,24)(H,23,25). The van der Waals surface area contributed by atoms with Crippen LogP contribution in [-0.2, 0) is 4.79 Å². The first kappa shape index (κ1) is 21.4. The molecule has 150 valence electrons. The van der Waals surface area contributed by atoms with Crippen LogP contribution >= 0.6 is 11.6 Å². The van der Waals surface area contributed by atoms with Crippen LogP contribution in [0.4, 0.5) is 0 Å². The fourth-order valence-corrected chi connectivity index (χ4v) is 2.87. The first-order chi connectivity index (χ1) is 13.2. The maximum Gasteiger partial charge on any atom is 0.279 e. The minimum atomic E-state index is -0.835. The molecule has 2 aromatic rings. The molecule has 1 atom stereocenters. The summed E-state index contributed by atoms with van der Waals surface area (Å²) in [5.41, 5.74) is 6.62. The Kier molecular flexibility index (Phi) is 7.12. The molecule has 0 saturated carbocycles. The van der Waals surface area contributed by atoms with Crippen molar-refractivity contribution in [2.24, 2.45) is 0 Å². The highest BCUT2D eigenvalue weighted by molar-refractivity contribution is 6.30. The number of methoxy groups -OCH3 is 2. The van der Waals surface area contributed by atoms with Gasteiger partial charge in [-0.15, -0.1) is 0 Å². The number of ether oxygens (including phenoxy) is 3. The molecule has 0 heterocycles. The number of aryl methyl sites for hydroxylation is 2. The normalized spacial score (nSPS) is 11.4. The number of rotatable bonds is 6. The van der Waals surface area contributed by atoms with Gasteiger partial charge >= 0.3 is 0 Å². The van der Waals surface area contributed by atoms with E-state index in [2.05, 4.69) is 10.9 Å². The average molecular weight is 407 g/mol. The van der Waals surface area contributed by atoms with Crippen LogP contribution in [-0.4, -0.2) is 32.1 Å². The van der Waals surface area contributed by atoms with Gasteiger partial charge in [0.2, 0.25) is 0 Å². The number of hydrogen-bond acceptors (Lipinski definition) is 5. The third-order valence-electron chi connectivity index (χ3n) is 4.00. The molecule has 0 aliphatic rings. The Hall–Kier alpha value is -2.93. The van der Waals surface area contributed by atoms with Crippen LogP contribution in [0, 0.1) is 13.8 Å². The van der Waals surface area contributed by atoms with Crippen molar-refractivity contribution in [1.82, 2.24) is 10.9 Å². The van der Waals surface area contributed by atoms with Gasteiger partial charge in [-0.2, -0.15) is 0 Å². The second-order valence-electron chi connectivity index (χ2n) is 6.17. The van der Waals surface area contributed by atoms with Crippen molar-refractivity contribution in [3.63, 3.8) is 0 Å². The Morgan fingerprint density at radius 2 is 1.46 bits per heavy atom. The van der Waals surface area contributed by atoms with Gasteiger partial charge < -0.3 is 14.2 Å². The zero-order chi connectivity index (χ0) is 20.8. The third-order valence-corrected chi connectivity index (χ3v) is 4.22. The Balaban J connectivity index is 2.01. The van der Waals surface area contributed by atoms with Crippen LogP contribution in [0.2, 0.25) is 5.02 Å². The van der Waals surface area contributed by atoms with Gasteiger partial charge in [-0.25, -0.2) is 0 Å². The van der Waals surface area contributed by atoms with Gasteiger partial charge in [0.15, 0.2) is 6.10 Å². The molecule has 0 aromatic heterocycles. The monoisotopic (exact) mass is 406 g/mol. The van der Waals surface area contributed by atoms with Gasteiger partial charge in [0, 0.05) is 16.7 Å². The van der Waals surface area contributed by atoms with Gasteiger partial charge in [0.05, 0.1) is 14.2 Å². The van der Waals surface area contributed by atoms with Gasteiger partial charge in [-0.05, 0) is 56.2 Å². The maximum absolute atomic E-state index is 12.3. The summed E-state index contributed by atoms with van der Waals surface area (Å²) in [7, 11) is 2.97. The summed E-state index contributed by atoms with van der Waals surface area (Å²) in [5, 5.41) is 0.598. The van der Waals surface area contributed by atoms with E-state index in [1.54, 1.807) is 25.1 Å². The van der Waals surface area contributed by atoms with Crippen molar-refractivity contribution in [1.29, 1.82) is 0 Å². The van der Waals surface area contributed by atoms with E-state index in [9.17, 15) is 9.59 Å². The lowest BCUT2D eigenvalue weighted by atomic mass is 10.1. The second kappa shape index (κ2) is 9.32. The van der Waals surface area contributed by atoms with E-state index in [1.807, 2.05) is 13.8 Å². The molecule has 2 rings (SSSR count). The molecule has 0 radical (unpaired) electrons. The first-order valence-electron chi connectivity index (χ1n) is 8.51. The highest BCUT2D eigenvalue weighted by atomic mass is 35.5. The molecular formula is C20H23ClN2O5. The van der Waals surface area contributed by atoms with E-state index >= 15 is 0 Å². The van der Waals surface area contributed by atoms with Crippen molar-refractivity contribution in [3.8, 4) is 17.2 Å². The van der Waals surface area contributed by atoms with E-state index in [4.69, 9.17) is 25.8 Å². The number of carbonyl (C=O) groups is 2. The lowest BCUT2D eigenvalue weighted by molar-refractivity contribution is -0.128. The smallest absolute Gasteiger partial charge is 0.279 e. The molecule has 2 aromatic carbocycles. The van der Waals surface area contributed by atoms with Gasteiger partial charge in [-0.1, -0.05) is 11.6 Å². The molecule has 0 aliphatic carbocycles. The molecular weight excluding hydrogens is 384 g/mol. The highest BCUT2D eigenvalue weighted by Crippen LogP contribution is 2.28. The minimum absolute atomic E-state index is 0.273. The van der Waals surface area contributed by atoms with Gasteiger partial charge in [-0.3, -0.25) is 20.4 Å². The molecule has 0 aliphatic heterocycles. The first-order valence-corrected chi connectivity index (χ1v) is 8.89. The van der Waals surface area contributed by atoms with Crippen LogP contribution in [0.25, 0.3) is 0 Å². The van der Waals surface area contributed by atoms with E-state index in [0.29, 0.717) is 22.3 Å². The number of carbonyl (C=O) groups excluding carboxylic acids is 2. The summed E-state index contributed by atoms with van der Waals surface area (Å²) >= 11 is 6.01. The summed E-state index contributed by atoms with van der Waals surface area (Å²) in [6.45, 7) is 5.27. The molecule has 2 N–H and O–H groups in total. The van der Waals surface area contributed by atoms with Crippen molar-refractivity contribution in [3.05, 3.63) is 52.0 Å². The second-order valence-corrected chi connectivity index (χ2v) is 6.61. The van der Waals surface area contributed by atoms with E-state index in [0.717, 1.165) is 11.1 Å².